The monoisotopic (exact) mass is 318 g/mol. The van der Waals surface area contributed by atoms with Gasteiger partial charge in [-0.2, -0.15) is 5.26 Å². The van der Waals surface area contributed by atoms with Crippen molar-refractivity contribution < 1.29 is 19.2 Å². The first-order valence-electron chi connectivity index (χ1n) is 6.67. The Morgan fingerprint density at radius 1 is 1.35 bits per heavy atom. The first-order valence-corrected chi connectivity index (χ1v) is 6.67. The van der Waals surface area contributed by atoms with Crippen LogP contribution in [-0.2, 0) is 19.2 Å². The third-order valence-electron chi connectivity index (χ3n) is 2.96. The number of nitrogens with zero attached hydrogens (tertiary/aromatic N) is 3. The van der Waals surface area contributed by atoms with Crippen molar-refractivity contribution in [1.29, 1.82) is 5.26 Å². The number of hydrogen-bond donors (Lipinski definition) is 1. The number of oxime groups is 1. The topological polar surface area (TPSA) is 118 Å². The molecular weight excluding hydrogens is 300 g/mol. The second kappa shape index (κ2) is 8.51. The second-order valence-corrected chi connectivity index (χ2v) is 4.67. The van der Waals surface area contributed by atoms with Gasteiger partial charge in [0.25, 0.3) is 11.8 Å². The molecule has 1 rings (SSSR count). The van der Waals surface area contributed by atoms with Gasteiger partial charge < -0.3 is 15.3 Å². The fraction of sp³-hybridized carbons (Fsp3) is 0.333. The molecule has 0 bridgehead atoms. The van der Waals surface area contributed by atoms with Gasteiger partial charge in [-0.1, -0.05) is 23.4 Å². The van der Waals surface area contributed by atoms with Crippen molar-refractivity contribution in [2.45, 2.75) is 13.8 Å². The highest BCUT2D eigenvalue weighted by molar-refractivity contribution is 6.44. The molecule has 0 aliphatic carbocycles. The van der Waals surface area contributed by atoms with Gasteiger partial charge in [0.15, 0.2) is 6.73 Å². The molecular formula is C15H18N4O4. The first kappa shape index (κ1) is 18.1. The number of carbonyl (C=O) groups excluding carboxylic acids is 2. The van der Waals surface area contributed by atoms with Gasteiger partial charge in [0.1, 0.15) is 12.7 Å². The number of hydrogen-bond acceptors (Lipinski definition) is 6. The van der Waals surface area contributed by atoms with Gasteiger partial charge in [0.2, 0.25) is 5.71 Å². The average molecular weight is 318 g/mol. The van der Waals surface area contributed by atoms with Crippen LogP contribution in [0, 0.1) is 25.2 Å². The fourth-order valence-corrected chi connectivity index (χ4v) is 1.97. The molecule has 23 heavy (non-hydrogen) atoms. The summed E-state index contributed by atoms with van der Waals surface area (Å²) in [6, 6.07) is 7.08. The van der Waals surface area contributed by atoms with E-state index in [0.29, 0.717) is 5.69 Å². The molecule has 0 aliphatic rings. The molecule has 0 saturated carbocycles. The van der Waals surface area contributed by atoms with E-state index < -0.39 is 11.6 Å². The highest BCUT2D eigenvalue weighted by Gasteiger charge is 2.20. The molecule has 2 N–H and O–H groups in total. The molecule has 2 amide bonds. The largest absolute Gasteiger partial charge is 0.375 e. The fourth-order valence-electron chi connectivity index (χ4n) is 1.97. The maximum absolute atomic E-state index is 12.2. The molecule has 0 spiro atoms. The number of carbonyl (C=O) groups is 2. The van der Waals surface area contributed by atoms with Crippen LogP contribution >= 0.6 is 0 Å². The smallest absolute Gasteiger partial charge is 0.281 e. The highest BCUT2D eigenvalue weighted by Crippen LogP contribution is 2.24. The maximum Gasteiger partial charge on any atom is 0.281 e. The van der Waals surface area contributed by atoms with E-state index in [1.807, 2.05) is 32.0 Å². The zero-order valence-corrected chi connectivity index (χ0v) is 13.2. The van der Waals surface area contributed by atoms with Crippen LogP contribution in [0.4, 0.5) is 5.69 Å². The Morgan fingerprint density at radius 3 is 2.43 bits per heavy atom. The van der Waals surface area contributed by atoms with E-state index in [4.69, 9.17) is 20.6 Å². The SMILES string of the molecule is COCC(=O)N(CON=C(C#N)C(N)=O)c1c(C)cccc1C. The van der Waals surface area contributed by atoms with E-state index in [2.05, 4.69) is 5.16 Å². The van der Waals surface area contributed by atoms with Gasteiger partial charge in [0.05, 0.1) is 5.69 Å². The average Bonchev–Trinajstić information content (AvgIpc) is 2.49. The molecule has 0 unspecified atom stereocenters. The lowest BCUT2D eigenvalue weighted by Crippen LogP contribution is -2.36. The van der Waals surface area contributed by atoms with Crippen molar-refractivity contribution in [2.24, 2.45) is 10.9 Å². The molecule has 1 aromatic carbocycles. The van der Waals surface area contributed by atoms with E-state index in [1.165, 1.54) is 18.1 Å². The van der Waals surface area contributed by atoms with Crippen molar-refractivity contribution in [3.8, 4) is 6.07 Å². The van der Waals surface area contributed by atoms with Crippen LogP contribution in [0.25, 0.3) is 0 Å². The lowest BCUT2D eigenvalue weighted by Gasteiger charge is -2.24. The van der Waals surface area contributed by atoms with Crippen molar-refractivity contribution >= 4 is 23.2 Å². The summed E-state index contributed by atoms with van der Waals surface area (Å²) in [5.74, 6) is -1.35. The molecule has 122 valence electrons. The molecule has 0 radical (unpaired) electrons. The number of benzene rings is 1. The van der Waals surface area contributed by atoms with Crippen LogP contribution in [0.3, 0.4) is 0 Å². The van der Waals surface area contributed by atoms with Crippen LogP contribution < -0.4 is 10.6 Å². The van der Waals surface area contributed by atoms with E-state index in [9.17, 15) is 9.59 Å². The Labute approximate surface area is 134 Å². The summed E-state index contributed by atoms with van der Waals surface area (Å²) in [7, 11) is 1.40. The lowest BCUT2D eigenvalue weighted by molar-refractivity contribution is -0.123. The van der Waals surface area contributed by atoms with Crippen LogP contribution in [0.5, 0.6) is 0 Å². The standard InChI is InChI=1S/C15H18N4O4/c1-10-5-4-6-11(2)14(10)19(13(20)8-22-3)9-23-18-12(7-16)15(17)21/h4-6H,8-9H2,1-3H3,(H2,17,21). The van der Waals surface area contributed by atoms with E-state index in [0.717, 1.165) is 11.1 Å². The lowest BCUT2D eigenvalue weighted by atomic mass is 10.1. The minimum Gasteiger partial charge on any atom is -0.375 e. The maximum atomic E-state index is 12.2. The molecule has 0 aromatic heterocycles. The molecule has 0 atom stereocenters. The quantitative estimate of drug-likeness (QED) is 0.449. The molecule has 8 nitrogen and oxygen atoms in total. The Balaban J connectivity index is 3.06. The Hall–Kier alpha value is -2.92. The van der Waals surface area contributed by atoms with E-state index in [1.54, 1.807) is 0 Å². The molecule has 1 aromatic rings. The summed E-state index contributed by atoms with van der Waals surface area (Å²) in [6.45, 7) is 3.26. The number of methoxy groups -OCH3 is 1. The Morgan fingerprint density at radius 2 is 1.96 bits per heavy atom. The molecule has 0 fully saturated rings. The molecule has 0 heterocycles. The van der Waals surface area contributed by atoms with Crippen LogP contribution in [0.2, 0.25) is 0 Å². The first-order chi connectivity index (χ1) is 10.9. The minimum absolute atomic E-state index is 0.151. The number of ether oxygens (including phenoxy) is 1. The molecule has 0 saturated heterocycles. The van der Waals surface area contributed by atoms with Gasteiger partial charge in [-0.3, -0.25) is 14.5 Å². The van der Waals surface area contributed by atoms with Crippen molar-refractivity contribution in [3.63, 3.8) is 0 Å². The minimum atomic E-state index is -1.01. The molecule has 8 heteroatoms. The highest BCUT2D eigenvalue weighted by atomic mass is 16.6. The summed E-state index contributed by atoms with van der Waals surface area (Å²) >= 11 is 0. The Kier molecular flexibility index (Phi) is 6.70. The number of nitrogens with two attached hydrogens (primary N) is 1. The summed E-state index contributed by atoms with van der Waals surface area (Å²) in [5, 5.41) is 12.1. The van der Waals surface area contributed by atoms with Gasteiger partial charge in [-0.25, -0.2) is 0 Å². The zero-order valence-electron chi connectivity index (χ0n) is 13.2. The van der Waals surface area contributed by atoms with Crippen LogP contribution in [0.15, 0.2) is 23.4 Å². The third-order valence-corrected chi connectivity index (χ3v) is 2.96. The van der Waals surface area contributed by atoms with Crippen molar-refractivity contribution in [3.05, 3.63) is 29.3 Å². The van der Waals surface area contributed by atoms with Crippen LogP contribution in [-0.4, -0.2) is 38.0 Å². The number of para-hydroxylation sites is 1. The van der Waals surface area contributed by atoms with Gasteiger partial charge in [-0.15, -0.1) is 0 Å². The normalized spacial score (nSPS) is 10.8. The summed E-state index contributed by atoms with van der Waals surface area (Å²) < 4.78 is 4.86. The van der Waals surface area contributed by atoms with Gasteiger partial charge in [0, 0.05) is 7.11 Å². The van der Waals surface area contributed by atoms with Gasteiger partial charge in [-0.05, 0) is 25.0 Å². The number of nitriles is 1. The van der Waals surface area contributed by atoms with Crippen molar-refractivity contribution in [1.82, 2.24) is 0 Å². The summed E-state index contributed by atoms with van der Waals surface area (Å²) in [6.07, 6.45) is 0. The molecule has 0 aliphatic heterocycles. The predicted octanol–water partition coefficient (Wildman–Crippen LogP) is 0.622. The van der Waals surface area contributed by atoms with Crippen molar-refractivity contribution in [2.75, 3.05) is 25.3 Å². The summed E-state index contributed by atoms with van der Waals surface area (Å²) in [5.41, 5.74) is 6.75. The van der Waals surface area contributed by atoms with Gasteiger partial charge >= 0.3 is 0 Å². The third kappa shape index (κ3) is 4.79. The van der Waals surface area contributed by atoms with E-state index >= 15 is 0 Å². The number of aryl methyl sites for hydroxylation is 2. The Bertz CT molecular complexity index is 644. The van der Waals surface area contributed by atoms with Crippen LogP contribution in [0.1, 0.15) is 11.1 Å². The number of rotatable bonds is 7. The predicted molar refractivity (Wildman–Crippen MR) is 83.5 cm³/mol. The zero-order chi connectivity index (χ0) is 17.4. The second-order valence-electron chi connectivity index (χ2n) is 4.67. The number of anilines is 1. The summed E-state index contributed by atoms with van der Waals surface area (Å²) in [4.78, 5) is 29.4. The number of primary amides is 1. The number of amides is 2. The van der Waals surface area contributed by atoms with E-state index in [-0.39, 0.29) is 19.2 Å².